The van der Waals surface area contributed by atoms with Gasteiger partial charge in [0.2, 0.25) is 0 Å². The van der Waals surface area contributed by atoms with Crippen LogP contribution in [0.1, 0.15) is 26.5 Å². The van der Waals surface area contributed by atoms with Crippen LogP contribution in [0.3, 0.4) is 0 Å². The van der Waals surface area contributed by atoms with E-state index in [1.54, 1.807) is 43.5 Å². The minimum Gasteiger partial charge on any atom is -0.497 e. The highest BCUT2D eigenvalue weighted by molar-refractivity contribution is 6.33. The first-order valence-corrected chi connectivity index (χ1v) is 8.88. The van der Waals surface area contributed by atoms with Crippen molar-refractivity contribution in [3.05, 3.63) is 88.7 Å². The van der Waals surface area contributed by atoms with E-state index in [1.165, 1.54) is 6.07 Å². The van der Waals surface area contributed by atoms with Crippen molar-refractivity contribution < 1.29 is 14.3 Å². The largest absolute Gasteiger partial charge is 0.497 e. The van der Waals surface area contributed by atoms with Gasteiger partial charge in [0.15, 0.2) is 0 Å². The molecule has 3 aromatic rings. The average molecular weight is 396 g/mol. The topological polar surface area (TPSA) is 80.3 Å². The van der Waals surface area contributed by atoms with Crippen molar-refractivity contribution in [2.45, 2.75) is 6.54 Å². The number of pyridine rings is 1. The SMILES string of the molecule is COc1ccc(CNC(=O)c2cccc(C(=O)Nc3ccccc3Cl)n2)cc1. The van der Waals surface area contributed by atoms with Crippen molar-refractivity contribution in [3.8, 4) is 5.75 Å². The summed E-state index contributed by atoms with van der Waals surface area (Å²) in [6.45, 7) is 0.334. The van der Waals surface area contributed by atoms with Gasteiger partial charge < -0.3 is 15.4 Å². The lowest BCUT2D eigenvalue weighted by atomic mass is 10.2. The minimum absolute atomic E-state index is 0.122. The molecule has 3 rings (SSSR count). The van der Waals surface area contributed by atoms with E-state index in [4.69, 9.17) is 16.3 Å². The fourth-order valence-electron chi connectivity index (χ4n) is 2.45. The van der Waals surface area contributed by atoms with Crippen LogP contribution in [-0.4, -0.2) is 23.9 Å². The van der Waals surface area contributed by atoms with E-state index in [-0.39, 0.29) is 17.3 Å². The number of nitrogens with zero attached hydrogens (tertiary/aromatic N) is 1. The van der Waals surface area contributed by atoms with Crippen LogP contribution in [0.2, 0.25) is 5.02 Å². The summed E-state index contributed by atoms with van der Waals surface area (Å²) in [7, 11) is 1.59. The Balaban J connectivity index is 1.65. The van der Waals surface area contributed by atoms with Crippen LogP contribution in [0.25, 0.3) is 0 Å². The van der Waals surface area contributed by atoms with E-state index >= 15 is 0 Å². The van der Waals surface area contributed by atoms with Gasteiger partial charge in [0.25, 0.3) is 11.8 Å². The smallest absolute Gasteiger partial charge is 0.274 e. The number of aromatic nitrogens is 1. The second-order valence-electron chi connectivity index (χ2n) is 5.87. The van der Waals surface area contributed by atoms with Crippen molar-refractivity contribution in [2.75, 3.05) is 12.4 Å². The van der Waals surface area contributed by atoms with Gasteiger partial charge in [0.05, 0.1) is 17.8 Å². The number of ether oxygens (including phenoxy) is 1. The Morgan fingerprint density at radius 2 is 1.61 bits per heavy atom. The van der Waals surface area contributed by atoms with Crippen LogP contribution in [-0.2, 0) is 6.54 Å². The van der Waals surface area contributed by atoms with E-state index in [1.807, 2.05) is 24.3 Å². The average Bonchev–Trinajstić information content (AvgIpc) is 2.74. The van der Waals surface area contributed by atoms with Gasteiger partial charge in [0.1, 0.15) is 17.1 Å². The number of benzene rings is 2. The Bertz CT molecular complexity index is 990. The van der Waals surface area contributed by atoms with E-state index in [0.717, 1.165) is 11.3 Å². The number of hydrogen-bond donors (Lipinski definition) is 2. The summed E-state index contributed by atoms with van der Waals surface area (Å²) in [6, 6.07) is 18.9. The molecule has 7 heteroatoms. The second-order valence-corrected chi connectivity index (χ2v) is 6.28. The fourth-order valence-corrected chi connectivity index (χ4v) is 2.64. The molecule has 0 saturated heterocycles. The molecule has 0 aliphatic heterocycles. The van der Waals surface area contributed by atoms with Crippen LogP contribution in [0, 0.1) is 0 Å². The lowest BCUT2D eigenvalue weighted by Crippen LogP contribution is -2.25. The number of para-hydroxylation sites is 1. The third kappa shape index (κ3) is 4.86. The molecule has 0 atom stereocenters. The first-order valence-electron chi connectivity index (χ1n) is 8.51. The molecule has 0 radical (unpaired) electrons. The highest BCUT2D eigenvalue weighted by Crippen LogP contribution is 2.21. The maximum absolute atomic E-state index is 12.4. The number of carbonyl (C=O) groups excluding carboxylic acids is 2. The third-order valence-corrected chi connectivity index (χ3v) is 4.28. The Morgan fingerprint density at radius 3 is 2.29 bits per heavy atom. The zero-order chi connectivity index (χ0) is 19.9. The number of rotatable bonds is 6. The molecule has 2 amide bonds. The summed E-state index contributed by atoms with van der Waals surface area (Å²) in [5.41, 5.74) is 1.67. The van der Waals surface area contributed by atoms with Crippen molar-refractivity contribution in [2.24, 2.45) is 0 Å². The minimum atomic E-state index is -0.446. The number of amides is 2. The van der Waals surface area contributed by atoms with E-state index < -0.39 is 5.91 Å². The quantitative estimate of drug-likeness (QED) is 0.662. The van der Waals surface area contributed by atoms with Crippen molar-refractivity contribution >= 4 is 29.1 Å². The molecule has 1 aromatic heterocycles. The molecular weight excluding hydrogens is 378 g/mol. The summed E-state index contributed by atoms with van der Waals surface area (Å²) in [6.07, 6.45) is 0. The Hall–Kier alpha value is -3.38. The lowest BCUT2D eigenvalue weighted by molar-refractivity contribution is 0.0945. The number of methoxy groups -OCH3 is 1. The maximum atomic E-state index is 12.4. The van der Waals surface area contributed by atoms with Crippen molar-refractivity contribution in [1.82, 2.24) is 10.3 Å². The zero-order valence-electron chi connectivity index (χ0n) is 15.1. The fraction of sp³-hybridized carbons (Fsp3) is 0.0952. The summed E-state index contributed by atoms with van der Waals surface area (Å²) >= 11 is 6.05. The van der Waals surface area contributed by atoms with Gasteiger partial charge in [-0.05, 0) is 42.0 Å². The highest BCUT2D eigenvalue weighted by Gasteiger charge is 2.13. The standard InChI is InChI=1S/C21H18ClN3O3/c1-28-15-11-9-14(10-12-15)13-23-20(26)18-7-4-8-19(24-18)21(27)25-17-6-3-2-5-16(17)22/h2-12H,13H2,1H3,(H,23,26)(H,25,27). The molecule has 0 unspecified atom stereocenters. The second kappa shape index (κ2) is 9.01. The van der Waals surface area contributed by atoms with E-state index in [2.05, 4.69) is 15.6 Å². The van der Waals surface area contributed by atoms with Crippen molar-refractivity contribution in [1.29, 1.82) is 0 Å². The summed E-state index contributed by atoms with van der Waals surface area (Å²) in [5.74, 6) is -0.0740. The molecule has 0 spiro atoms. The van der Waals surface area contributed by atoms with Crippen LogP contribution < -0.4 is 15.4 Å². The predicted octanol–water partition coefficient (Wildman–Crippen LogP) is 3.93. The molecule has 2 N–H and O–H groups in total. The van der Waals surface area contributed by atoms with Gasteiger partial charge in [-0.25, -0.2) is 4.98 Å². The molecule has 28 heavy (non-hydrogen) atoms. The van der Waals surface area contributed by atoms with Crippen LogP contribution in [0.15, 0.2) is 66.7 Å². The van der Waals surface area contributed by atoms with Gasteiger partial charge in [0, 0.05) is 6.54 Å². The number of carbonyl (C=O) groups is 2. The Morgan fingerprint density at radius 1 is 0.929 bits per heavy atom. The normalized spacial score (nSPS) is 10.2. The molecule has 0 aliphatic carbocycles. The maximum Gasteiger partial charge on any atom is 0.274 e. The summed E-state index contributed by atoms with van der Waals surface area (Å²) < 4.78 is 5.11. The molecule has 0 bridgehead atoms. The number of nitrogens with one attached hydrogen (secondary N) is 2. The molecule has 0 saturated carbocycles. The highest BCUT2D eigenvalue weighted by atomic mass is 35.5. The van der Waals surface area contributed by atoms with Gasteiger partial charge >= 0.3 is 0 Å². The third-order valence-electron chi connectivity index (χ3n) is 3.95. The van der Waals surface area contributed by atoms with Gasteiger partial charge in [-0.2, -0.15) is 0 Å². The summed E-state index contributed by atoms with van der Waals surface area (Å²) in [5, 5.41) is 5.89. The molecule has 0 aliphatic rings. The van der Waals surface area contributed by atoms with E-state index in [9.17, 15) is 9.59 Å². The zero-order valence-corrected chi connectivity index (χ0v) is 15.9. The molecule has 142 valence electrons. The molecule has 6 nitrogen and oxygen atoms in total. The molecule has 1 heterocycles. The van der Waals surface area contributed by atoms with Gasteiger partial charge in [-0.1, -0.05) is 41.9 Å². The number of halogens is 1. The molecule has 0 fully saturated rings. The number of hydrogen-bond acceptors (Lipinski definition) is 4. The van der Waals surface area contributed by atoms with Crippen LogP contribution in [0.5, 0.6) is 5.75 Å². The predicted molar refractivity (Wildman–Crippen MR) is 108 cm³/mol. The molecular formula is C21H18ClN3O3. The molecule has 2 aromatic carbocycles. The van der Waals surface area contributed by atoms with Gasteiger partial charge in [-0.3, -0.25) is 9.59 Å². The monoisotopic (exact) mass is 395 g/mol. The van der Waals surface area contributed by atoms with Crippen LogP contribution >= 0.6 is 11.6 Å². The van der Waals surface area contributed by atoms with Crippen LogP contribution in [0.4, 0.5) is 5.69 Å². The number of anilines is 1. The summed E-state index contributed by atoms with van der Waals surface area (Å²) in [4.78, 5) is 28.9. The Kier molecular flexibility index (Phi) is 6.24. The van der Waals surface area contributed by atoms with Crippen molar-refractivity contribution in [3.63, 3.8) is 0 Å². The first kappa shape index (κ1) is 19.4. The van der Waals surface area contributed by atoms with E-state index in [0.29, 0.717) is 17.3 Å². The lowest BCUT2D eigenvalue weighted by Gasteiger charge is -2.08. The Labute approximate surface area is 167 Å². The van der Waals surface area contributed by atoms with Gasteiger partial charge in [-0.15, -0.1) is 0 Å². The first-order chi connectivity index (χ1) is 13.6.